The van der Waals surface area contributed by atoms with Crippen molar-refractivity contribution >= 4 is 23.1 Å². The van der Waals surface area contributed by atoms with Gasteiger partial charge in [-0.05, 0) is 25.2 Å². The van der Waals surface area contributed by atoms with Gasteiger partial charge >= 0.3 is 0 Å². The Hall–Kier alpha value is -2.40. The Morgan fingerprint density at radius 2 is 1.83 bits per heavy atom. The summed E-state index contributed by atoms with van der Waals surface area (Å²) in [5, 5.41) is 6.97. The lowest BCUT2D eigenvalue weighted by atomic mass is 9.74. The van der Waals surface area contributed by atoms with Crippen molar-refractivity contribution in [2.24, 2.45) is 5.92 Å². The third kappa shape index (κ3) is 2.04. The fraction of sp³-hybridized carbons (Fsp3) is 0.222. The number of carbonyl (C=O) groups is 1. The molecule has 0 spiro atoms. The molecular weight excluding hydrogens is 308 g/mol. The maximum atomic E-state index is 12.5. The molecule has 2 bridgehead atoms. The molecule has 3 unspecified atom stereocenters. The molecule has 1 saturated heterocycles. The second kappa shape index (κ2) is 5.06. The first-order valence-corrected chi connectivity index (χ1v) is 7.95. The van der Waals surface area contributed by atoms with Crippen molar-refractivity contribution in [3.63, 3.8) is 0 Å². The van der Waals surface area contributed by atoms with Crippen LogP contribution in [0.5, 0.6) is 5.75 Å². The van der Waals surface area contributed by atoms with E-state index in [4.69, 9.17) is 17.0 Å². The van der Waals surface area contributed by atoms with Crippen molar-refractivity contribution in [1.29, 1.82) is 0 Å². The number of nitrogens with one attached hydrogen (secondary N) is 2. The van der Waals surface area contributed by atoms with Gasteiger partial charge in [0, 0.05) is 11.1 Å². The van der Waals surface area contributed by atoms with Crippen molar-refractivity contribution in [2.75, 3.05) is 0 Å². The molecule has 2 aliphatic heterocycles. The van der Waals surface area contributed by atoms with Crippen LogP contribution in [0.1, 0.15) is 24.1 Å². The summed E-state index contributed by atoms with van der Waals surface area (Å²) in [6.45, 7) is 1.60. The predicted octanol–water partition coefficient (Wildman–Crippen LogP) is 2.66. The lowest BCUT2D eigenvalue weighted by Crippen LogP contribution is -2.68. The monoisotopic (exact) mass is 324 g/mol. The molecule has 0 aromatic heterocycles. The van der Waals surface area contributed by atoms with E-state index in [1.807, 2.05) is 54.6 Å². The van der Waals surface area contributed by atoms with E-state index in [1.165, 1.54) is 0 Å². The number of para-hydroxylation sites is 1. The van der Waals surface area contributed by atoms with E-state index in [1.54, 1.807) is 6.92 Å². The maximum Gasteiger partial charge on any atom is 0.220 e. The van der Waals surface area contributed by atoms with Crippen LogP contribution in [-0.2, 0) is 10.5 Å². The van der Waals surface area contributed by atoms with Crippen LogP contribution in [0.4, 0.5) is 0 Å². The molecule has 3 atom stereocenters. The normalized spacial score (nSPS) is 28.0. The highest BCUT2D eigenvalue weighted by molar-refractivity contribution is 7.80. The summed E-state index contributed by atoms with van der Waals surface area (Å²) in [4.78, 5) is 12.5. The Morgan fingerprint density at radius 3 is 2.57 bits per heavy atom. The van der Waals surface area contributed by atoms with Crippen molar-refractivity contribution in [2.45, 2.75) is 18.7 Å². The molecule has 4 rings (SSSR count). The number of thiocarbonyl (C=S) groups is 1. The molecule has 116 valence electrons. The highest BCUT2D eigenvalue weighted by Crippen LogP contribution is 2.49. The van der Waals surface area contributed by atoms with Gasteiger partial charge in [0.15, 0.2) is 5.11 Å². The number of ether oxygens (including phenoxy) is 1. The van der Waals surface area contributed by atoms with E-state index < -0.39 is 11.6 Å². The first-order chi connectivity index (χ1) is 11.1. The number of rotatable bonds is 2. The Kier molecular flexibility index (Phi) is 3.13. The van der Waals surface area contributed by atoms with Crippen LogP contribution in [0.3, 0.4) is 0 Å². The first-order valence-electron chi connectivity index (χ1n) is 7.54. The van der Waals surface area contributed by atoms with Gasteiger partial charge in [-0.15, -0.1) is 0 Å². The molecule has 5 heteroatoms. The second-order valence-corrected chi connectivity index (χ2v) is 6.31. The van der Waals surface area contributed by atoms with Crippen molar-refractivity contribution in [1.82, 2.24) is 10.6 Å². The topological polar surface area (TPSA) is 50.4 Å². The lowest BCUT2D eigenvalue weighted by molar-refractivity contribution is -0.136. The standard InChI is InChI=1S/C18H16N2O2S/c1-11(21)15-16-13-9-5-6-10-14(13)22-18(15,20-17(23)19-16)12-7-3-2-4-8-12/h2-10,15-16H,1H3,(H2,19,20,23). The third-order valence-electron chi connectivity index (χ3n) is 4.52. The Bertz CT molecular complexity index is 793. The minimum atomic E-state index is -0.978. The largest absolute Gasteiger partial charge is 0.463 e. The van der Waals surface area contributed by atoms with E-state index in [9.17, 15) is 4.79 Å². The number of fused-ring (bicyclic) bond motifs is 4. The molecule has 2 aliphatic rings. The summed E-state index contributed by atoms with van der Waals surface area (Å²) >= 11 is 5.39. The smallest absolute Gasteiger partial charge is 0.220 e. The molecule has 0 saturated carbocycles. The van der Waals surface area contributed by atoms with E-state index >= 15 is 0 Å². The van der Waals surface area contributed by atoms with Crippen LogP contribution in [0.15, 0.2) is 54.6 Å². The lowest BCUT2D eigenvalue weighted by Gasteiger charge is -2.52. The van der Waals surface area contributed by atoms with Gasteiger partial charge in [0.05, 0.1) is 6.04 Å². The second-order valence-electron chi connectivity index (χ2n) is 5.91. The molecule has 1 fully saturated rings. The van der Waals surface area contributed by atoms with Gasteiger partial charge in [0.1, 0.15) is 17.5 Å². The third-order valence-corrected chi connectivity index (χ3v) is 4.74. The molecule has 0 amide bonds. The van der Waals surface area contributed by atoms with Crippen LogP contribution >= 0.6 is 12.2 Å². The van der Waals surface area contributed by atoms with Gasteiger partial charge < -0.3 is 15.4 Å². The summed E-state index contributed by atoms with van der Waals surface area (Å²) in [6.07, 6.45) is 0. The molecule has 0 aliphatic carbocycles. The predicted molar refractivity (Wildman–Crippen MR) is 91.0 cm³/mol. The summed E-state index contributed by atoms with van der Waals surface area (Å²) in [5.74, 6) is 0.406. The van der Waals surface area contributed by atoms with Crippen molar-refractivity contribution < 1.29 is 9.53 Å². The minimum Gasteiger partial charge on any atom is -0.463 e. The molecule has 0 radical (unpaired) electrons. The average Bonchev–Trinajstić information content (AvgIpc) is 2.54. The minimum absolute atomic E-state index is 0.0517. The number of benzene rings is 2. The van der Waals surface area contributed by atoms with Gasteiger partial charge in [0.25, 0.3) is 0 Å². The SMILES string of the molecule is CC(=O)C1C2NC(=S)NC1(c1ccccc1)Oc1ccccc12. The molecule has 2 aromatic carbocycles. The van der Waals surface area contributed by atoms with Gasteiger partial charge in [-0.2, -0.15) is 0 Å². The summed E-state index contributed by atoms with van der Waals surface area (Å²) < 4.78 is 6.36. The van der Waals surface area contributed by atoms with Crippen LogP contribution in [0, 0.1) is 5.92 Å². The maximum absolute atomic E-state index is 12.5. The number of Topliss-reactive ketones (excluding diaryl/α,β-unsaturated/α-hetero) is 1. The zero-order valence-electron chi connectivity index (χ0n) is 12.6. The molecule has 2 aromatic rings. The zero-order chi connectivity index (χ0) is 16.0. The van der Waals surface area contributed by atoms with E-state index in [2.05, 4.69) is 10.6 Å². The Labute approximate surface area is 139 Å². The first kappa shape index (κ1) is 14.2. The molecule has 23 heavy (non-hydrogen) atoms. The Morgan fingerprint density at radius 1 is 1.13 bits per heavy atom. The van der Waals surface area contributed by atoms with Gasteiger partial charge in [0.2, 0.25) is 5.72 Å². The number of hydrogen-bond acceptors (Lipinski definition) is 3. The van der Waals surface area contributed by atoms with Gasteiger partial charge in [-0.1, -0.05) is 48.5 Å². The molecule has 2 N–H and O–H groups in total. The van der Waals surface area contributed by atoms with Crippen molar-refractivity contribution in [3.05, 3.63) is 65.7 Å². The number of ketones is 1. The van der Waals surface area contributed by atoms with E-state index in [-0.39, 0.29) is 11.8 Å². The summed E-state index contributed by atoms with van der Waals surface area (Å²) in [5.41, 5.74) is 0.876. The summed E-state index contributed by atoms with van der Waals surface area (Å²) in [6, 6.07) is 17.3. The average molecular weight is 324 g/mol. The number of carbonyl (C=O) groups excluding carboxylic acids is 1. The zero-order valence-corrected chi connectivity index (χ0v) is 13.4. The van der Waals surface area contributed by atoms with Crippen LogP contribution in [0.2, 0.25) is 0 Å². The molecule has 2 heterocycles. The fourth-order valence-corrected chi connectivity index (χ4v) is 3.89. The Balaban J connectivity index is 1.98. The number of hydrogen-bond donors (Lipinski definition) is 2. The van der Waals surface area contributed by atoms with Crippen molar-refractivity contribution in [3.8, 4) is 5.75 Å². The summed E-state index contributed by atoms with van der Waals surface area (Å²) in [7, 11) is 0. The van der Waals surface area contributed by atoms with E-state index in [0.29, 0.717) is 5.11 Å². The van der Waals surface area contributed by atoms with Gasteiger partial charge in [-0.3, -0.25) is 4.79 Å². The van der Waals surface area contributed by atoms with Crippen LogP contribution < -0.4 is 15.4 Å². The molecular formula is C18H16N2O2S. The van der Waals surface area contributed by atoms with Gasteiger partial charge in [-0.25, -0.2) is 0 Å². The van der Waals surface area contributed by atoms with Crippen LogP contribution in [0.25, 0.3) is 0 Å². The van der Waals surface area contributed by atoms with Crippen LogP contribution in [-0.4, -0.2) is 10.9 Å². The quantitative estimate of drug-likeness (QED) is 0.832. The highest BCUT2D eigenvalue weighted by Gasteiger charge is 2.57. The highest BCUT2D eigenvalue weighted by atomic mass is 32.1. The molecule has 4 nitrogen and oxygen atoms in total. The fourth-order valence-electron chi connectivity index (χ4n) is 3.61. The van der Waals surface area contributed by atoms with E-state index in [0.717, 1.165) is 16.9 Å².